The molecule has 0 unspecified atom stereocenters. The van der Waals surface area contributed by atoms with E-state index in [4.69, 9.17) is 0 Å². The van der Waals surface area contributed by atoms with Crippen molar-refractivity contribution in [2.45, 2.75) is 5.33 Å². The van der Waals surface area contributed by atoms with Crippen molar-refractivity contribution >= 4 is 53.3 Å². The van der Waals surface area contributed by atoms with Crippen molar-refractivity contribution in [2.24, 2.45) is 0 Å². The Bertz CT molecular complexity index is 406. The highest BCUT2D eigenvalue weighted by atomic mass is 79.9. The SMILES string of the molecule is BrCc1csc2ccc(Br)cc12. The van der Waals surface area contributed by atoms with Gasteiger partial charge in [-0.2, -0.15) is 0 Å². The second-order valence-corrected chi connectivity index (χ2v) is 4.92. The average Bonchev–Trinajstić information content (AvgIpc) is 2.46. The van der Waals surface area contributed by atoms with Crippen molar-refractivity contribution in [1.29, 1.82) is 0 Å². The predicted molar refractivity (Wildman–Crippen MR) is 62.2 cm³/mol. The van der Waals surface area contributed by atoms with Crippen LogP contribution in [0, 0.1) is 0 Å². The summed E-state index contributed by atoms with van der Waals surface area (Å²) in [5.74, 6) is 0. The smallest absolute Gasteiger partial charge is 0.0346 e. The largest absolute Gasteiger partial charge is 0.143 e. The monoisotopic (exact) mass is 304 g/mol. The number of thiophene rings is 1. The Hall–Kier alpha value is 0.140. The molecule has 0 aliphatic heterocycles. The van der Waals surface area contributed by atoms with Crippen LogP contribution in [0.4, 0.5) is 0 Å². The molecule has 0 N–H and O–H groups in total. The van der Waals surface area contributed by atoms with E-state index in [0.717, 1.165) is 9.80 Å². The summed E-state index contributed by atoms with van der Waals surface area (Å²) in [4.78, 5) is 0. The van der Waals surface area contributed by atoms with Crippen LogP contribution in [-0.4, -0.2) is 0 Å². The summed E-state index contributed by atoms with van der Waals surface area (Å²) in [6.07, 6.45) is 0. The Labute approximate surface area is 91.9 Å². The minimum absolute atomic E-state index is 0.934. The van der Waals surface area contributed by atoms with Crippen LogP contribution in [0.15, 0.2) is 28.1 Å². The van der Waals surface area contributed by atoms with Gasteiger partial charge in [0.25, 0.3) is 0 Å². The zero-order valence-electron chi connectivity index (χ0n) is 6.18. The van der Waals surface area contributed by atoms with Crippen LogP contribution in [0.25, 0.3) is 10.1 Å². The molecule has 2 aromatic rings. The first kappa shape index (κ1) is 8.73. The Balaban J connectivity index is 2.75. The molecule has 0 fully saturated rings. The van der Waals surface area contributed by atoms with E-state index < -0.39 is 0 Å². The molecule has 2 rings (SSSR count). The van der Waals surface area contributed by atoms with E-state index in [9.17, 15) is 0 Å². The maximum atomic E-state index is 3.47. The Morgan fingerprint density at radius 2 is 2.17 bits per heavy atom. The number of hydrogen-bond donors (Lipinski definition) is 0. The molecular formula is C9H6Br2S. The fourth-order valence-electron chi connectivity index (χ4n) is 1.16. The summed E-state index contributed by atoms with van der Waals surface area (Å²) in [5.41, 5.74) is 1.37. The van der Waals surface area contributed by atoms with Crippen LogP contribution in [0.2, 0.25) is 0 Å². The van der Waals surface area contributed by atoms with Crippen LogP contribution in [-0.2, 0) is 5.33 Å². The number of alkyl halides is 1. The molecule has 0 radical (unpaired) electrons. The van der Waals surface area contributed by atoms with Gasteiger partial charge in [0.1, 0.15) is 0 Å². The zero-order valence-corrected chi connectivity index (χ0v) is 10.2. The maximum Gasteiger partial charge on any atom is 0.0346 e. The Kier molecular flexibility index (Phi) is 2.53. The van der Waals surface area contributed by atoms with E-state index in [0.29, 0.717) is 0 Å². The number of fused-ring (bicyclic) bond motifs is 1. The molecule has 0 nitrogen and oxygen atoms in total. The minimum atomic E-state index is 0.934. The van der Waals surface area contributed by atoms with Crippen molar-refractivity contribution in [3.8, 4) is 0 Å². The molecule has 3 heteroatoms. The summed E-state index contributed by atoms with van der Waals surface area (Å²) in [6.45, 7) is 0. The second-order valence-electron chi connectivity index (χ2n) is 2.54. The van der Waals surface area contributed by atoms with Crippen LogP contribution < -0.4 is 0 Å². The van der Waals surface area contributed by atoms with Gasteiger partial charge in [-0.05, 0) is 34.5 Å². The molecule has 0 aliphatic rings. The molecular weight excluding hydrogens is 300 g/mol. The van der Waals surface area contributed by atoms with Gasteiger partial charge >= 0.3 is 0 Å². The fourth-order valence-corrected chi connectivity index (χ4v) is 3.14. The van der Waals surface area contributed by atoms with Crippen LogP contribution in [0.1, 0.15) is 5.56 Å². The van der Waals surface area contributed by atoms with Crippen molar-refractivity contribution in [2.75, 3.05) is 0 Å². The van der Waals surface area contributed by atoms with Gasteiger partial charge in [-0.1, -0.05) is 31.9 Å². The summed E-state index contributed by atoms with van der Waals surface area (Å²) < 4.78 is 2.50. The van der Waals surface area contributed by atoms with Gasteiger partial charge < -0.3 is 0 Å². The van der Waals surface area contributed by atoms with E-state index in [1.165, 1.54) is 15.6 Å². The molecule has 0 spiro atoms. The molecule has 12 heavy (non-hydrogen) atoms. The van der Waals surface area contributed by atoms with Crippen LogP contribution >= 0.6 is 43.2 Å². The highest BCUT2D eigenvalue weighted by Gasteiger charge is 2.02. The van der Waals surface area contributed by atoms with Gasteiger partial charge in [0.05, 0.1) is 0 Å². The lowest BCUT2D eigenvalue weighted by atomic mass is 10.2. The first-order valence-electron chi connectivity index (χ1n) is 3.53. The molecule has 0 saturated carbocycles. The molecule has 0 amide bonds. The molecule has 0 aliphatic carbocycles. The summed E-state index contributed by atoms with van der Waals surface area (Å²) >= 11 is 8.74. The van der Waals surface area contributed by atoms with Gasteiger partial charge in [0.15, 0.2) is 0 Å². The topological polar surface area (TPSA) is 0 Å². The van der Waals surface area contributed by atoms with Crippen LogP contribution in [0.5, 0.6) is 0 Å². The van der Waals surface area contributed by atoms with Crippen molar-refractivity contribution in [1.82, 2.24) is 0 Å². The third kappa shape index (κ3) is 1.45. The van der Waals surface area contributed by atoms with Crippen molar-refractivity contribution in [3.05, 3.63) is 33.6 Å². The Morgan fingerprint density at radius 3 is 2.92 bits per heavy atom. The number of rotatable bonds is 1. The first-order chi connectivity index (χ1) is 5.81. The lowest BCUT2D eigenvalue weighted by Gasteiger charge is -1.93. The summed E-state index contributed by atoms with van der Waals surface area (Å²) in [6, 6.07) is 6.40. The van der Waals surface area contributed by atoms with Gasteiger partial charge in [0, 0.05) is 14.5 Å². The molecule has 1 heterocycles. The zero-order chi connectivity index (χ0) is 8.55. The van der Waals surface area contributed by atoms with E-state index >= 15 is 0 Å². The van der Waals surface area contributed by atoms with Crippen molar-refractivity contribution in [3.63, 3.8) is 0 Å². The lowest BCUT2D eigenvalue weighted by Crippen LogP contribution is -1.72. The third-order valence-electron chi connectivity index (χ3n) is 1.76. The molecule has 1 aromatic carbocycles. The predicted octanol–water partition coefficient (Wildman–Crippen LogP) is 4.56. The van der Waals surface area contributed by atoms with Gasteiger partial charge in [-0.25, -0.2) is 0 Å². The van der Waals surface area contributed by atoms with E-state index in [1.54, 1.807) is 11.3 Å². The lowest BCUT2D eigenvalue weighted by molar-refractivity contribution is 1.54. The van der Waals surface area contributed by atoms with Crippen molar-refractivity contribution < 1.29 is 0 Å². The highest BCUT2D eigenvalue weighted by Crippen LogP contribution is 2.29. The summed E-state index contributed by atoms with van der Waals surface area (Å²) in [5, 5.41) is 4.49. The third-order valence-corrected chi connectivity index (χ3v) is 3.87. The quantitative estimate of drug-likeness (QED) is 0.678. The number of benzene rings is 1. The summed E-state index contributed by atoms with van der Waals surface area (Å²) in [7, 11) is 0. The molecule has 0 saturated heterocycles. The maximum absolute atomic E-state index is 3.47. The molecule has 1 aromatic heterocycles. The Morgan fingerprint density at radius 1 is 1.33 bits per heavy atom. The van der Waals surface area contributed by atoms with Gasteiger partial charge in [-0.3, -0.25) is 0 Å². The van der Waals surface area contributed by atoms with E-state index in [2.05, 4.69) is 55.4 Å². The molecule has 62 valence electrons. The highest BCUT2D eigenvalue weighted by molar-refractivity contribution is 9.10. The second kappa shape index (κ2) is 3.48. The standard InChI is InChI=1S/C9H6Br2S/c10-4-6-5-12-9-2-1-7(11)3-8(6)9/h1-3,5H,4H2. The minimum Gasteiger partial charge on any atom is -0.143 e. The fraction of sp³-hybridized carbons (Fsp3) is 0.111. The number of halogens is 2. The van der Waals surface area contributed by atoms with E-state index in [1.807, 2.05) is 0 Å². The van der Waals surface area contributed by atoms with Gasteiger partial charge in [-0.15, -0.1) is 11.3 Å². The van der Waals surface area contributed by atoms with Crippen LogP contribution in [0.3, 0.4) is 0 Å². The van der Waals surface area contributed by atoms with E-state index in [-0.39, 0.29) is 0 Å². The average molecular weight is 306 g/mol. The van der Waals surface area contributed by atoms with Gasteiger partial charge in [0.2, 0.25) is 0 Å². The molecule has 0 bridgehead atoms. The first-order valence-corrected chi connectivity index (χ1v) is 6.32. The normalized spacial score (nSPS) is 10.8. The number of hydrogen-bond acceptors (Lipinski definition) is 1. The molecule has 0 atom stereocenters.